The van der Waals surface area contributed by atoms with E-state index in [1.165, 1.54) is 27.4 Å². The van der Waals surface area contributed by atoms with E-state index in [0.717, 1.165) is 62.2 Å². The molecular formula is C48H36N4. The van der Waals surface area contributed by atoms with Crippen LogP contribution < -0.4 is 4.90 Å². The van der Waals surface area contributed by atoms with Gasteiger partial charge in [0.05, 0.1) is 22.4 Å². The van der Waals surface area contributed by atoms with Crippen molar-refractivity contribution in [2.45, 2.75) is 13.8 Å². The molecule has 4 nitrogen and oxygen atoms in total. The summed E-state index contributed by atoms with van der Waals surface area (Å²) in [4.78, 5) is 12.5. The number of rotatable bonds is 7. The lowest BCUT2D eigenvalue weighted by atomic mass is 10.0. The van der Waals surface area contributed by atoms with Crippen LogP contribution in [0.15, 0.2) is 182 Å². The van der Waals surface area contributed by atoms with Gasteiger partial charge in [0.1, 0.15) is 0 Å². The molecule has 0 fully saturated rings. The summed E-state index contributed by atoms with van der Waals surface area (Å²) >= 11 is 0. The fourth-order valence-corrected chi connectivity index (χ4v) is 7.22. The van der Waals surface area contributed by atoms with Crippen molar-refractivity contribution >= 4 is 38.9 Å². The Morgan fingerprint density at radius 1 is 0.404 bits per heavy atom. The molecule has 0 saturated carbocycles. The van der Waals surface area contributed by atoms with Gasteiger partial charge in [0.25, 0.3) is 0 Å². The summed E-state index contributed by atoms with van der Waals surface area (Å²) < 4.78 is 2.37. The van der Waals surface area contributed by atoms with Crippen molar-refractivity contribution < 1.29 is 0 Å². The zero-order valence-corrected chi connectivity index (χ0v) is 29.1. The number of aromatic nitrogens is 3. The lowest BCUT2D eigenvalue weighted by Gasteiger charge is -2.25. The van der Waals surface area contributed by atoms with Gasteiger partial charge in [-0.25, -0.2) is 9.97 Å². The van der Waals surface area contributed by atoms with Gasteiger partial charge < -0.3 is 9.47 Å². The van der Waals surface area contributed by atoms with Crippen LogP contribution in [0.25, 0.3) is 61.4 Å². The van der Waals surface area contributed by atoms with E-state index >= 15 is 0 Å². The minimum atomic E-state index is 0.722. The molecule has 9 aromatic rings. The first-order chi connectivity index (χ1) is 25.6. The molecule has 7 aromatic carbocycles. The normalized spacial score (nSPS) is 11.3. The highest BCUT2D eigenvalue weighted by atomic mass is 15.1. The molecule has 0 aliphatic rings. The first-order valence-corrected chi connectivity index (χ1v) is 17.7. The van der Waals surface area contributed by atoms with E-state index in [2.05, 4.69) is 205 Å². The topological polar surface area (TPSA) is 34.0 Å². The number of aryl methyl sites for hydroxylation is 2. The van der Waals surface area contributed by atoms with Crippen molar-refractivity contribution in [2.75, 3.05) is 4.90 Å². The van der Waals surface area contributed by atoms with E-state index in [0.29, 0.717) is 0 Å². The van der Waals surface area contributed by atoms with Crippen molar-refractivity contribution in [1.29, 1.82) is 0 Å². The van der Waals surface area contributed by atoms with E-state index in [4.69, 9.17) is 9.97 Å². The van der Waals surface area contributed by atoms with Crippen LogP contribution in [0.1, 0.15) is 11.1 Å². The first kappa shape index (κ1) is 31.2. The largest absolute Gasteiger partial charge is 0.310 e. The third-order valence-electron chi connectivity index (χ3n) is 9.68. The fourth-order valence-electron chi connectivity index (χ4n) is 7.22. The molecule has 0 unspecified atom stereocenters. The Balaban J connectivity index is 1.15. The molecule has 52 heavy (non-hydrogen) atoms. The van der Waals surface area contributed by atoms with Gasteiger partial charge in [-0.15, -0.1) is 0 Å². The fraction of sp³-hybridized carbons (Fsp3) is 0.0417. The van der Waals surface area contributed by atoms with Crippen LogP contribution in [0.2, 0.25) is 0 Å². The predicted molar refractivity (Wildman–Crippen MR) is 217 cm³/mol. The molecule has 0 atom stereocenters. The summed E-state index contributed by atoms with van der Waals surface area (Å²) in [5.41, 5.74) is 14.1. The second-order valence-corrected chi connectivity index (χ2v) is 13.3. The Kier molecular flexibility index (Phi) is 7.90. The zero-order valence-electron chi connectivity index (χ0n) is 29.1. The minimum Gasteiger partial charge on any atom is -0.310 e. The van der Waals surface area contributed by atoms with E-state index in [9.17, 15) is 0 Å². The van der Waals surface area contributed by atoms with E-state index in [-0.39, 0.29) is 0 Å². The number of anilines is 3. The second-order valence-electron chi connectivity index (χ2n) is 13.3. The van der Waals surface area contributed by atoms with E-state index in [1.807, 2.05) is 0 Å². The Morgan fingerprint density at radius 3 is 1.65 bits per heavy atom. The molecule has 0 aliphatic heterocycles. The van der Waals surface area contributed by atoms with Gasteiger partial charge >= 0.3 is 0 Å². The van der Waals surface area contributed by atoms with Gasteiger partial charge in [-0.05, 0) is 92.7 Å². The van der Waals surface area contributed by atoms with Crippen LogP contribution in [0, 0.1) is 13.8 Å². The number of hydrogen-bond donors (Lipinski definition) is 0. The SMILES string of the molecule is Cc1cccc(-c2cc(-c3ccc(-n4c5ccccc5c5cc(N(c6ccccc6)c6ccccc6)ccc54)cc3)nc(-c3cccc(C)c3)n2)c1. The molecule has 0 bridgehead atoms. The number of hydrogen-bond acceptors (Lipinski definition) is 3. The molecular weight excluding hydrogens is 633 g/mol. The van der Waals surface area contributed by atoms with Crippen LogP contribution in [-0.4, -0.2) is 14.5 Å². The summed E-state index contributed by atoms with van der Waals surface area (Å²) in [6.07, 6.45) is 0. The smallest absolute Gasteiger partial charge is 0.160 e. The average Bonchev–Trinajstić information content (AvgIpc) is 3.52. The highest BCUT2D eigenvalue weighted by Crippen LogP contribution is 2.40. The predicted octanol–water partition coefficient (Wildman–Crippen LogP) is 12.7. The third kappa shape index (κ3) is 5.80. The van der Waals surface area contributed by atoms with Crippen molar-refractivity contribution in [3.8, 4) is 39.6 Å². The van der Waals surface area contributed by atoms with E-state index < -0.39 is 0 Å². The Morgan fingerprint density at radius 2 is 0.981 bits per heavy atom. The molecule has 248 valence electrons. The maximum atomic E-state index is 5.11. The number of benzene rings is 7. The molecule has 0 amide bonds. The van der Waals surface area contributed by atoms with Crippen molar-refractivity contribution in [3.05, 3.63) is 193 Å². The van der Waals surface area contributed by atoms with Gasteiger partial charge in [0.15, 0.2) is 5.82 Å². The maximum absolute atomic E-state index is 5.11. The molecule has 0 aliphatic carbocycles. The van der Waals surface area contributed by atoms with Crippen molar-refractivity contribution in [1.82, 2.24) is 14.5 Å². The second kappa shape index (κ2) is 13.2. The van der Waals surface area contributed by atoms with Crippen LogP contribution in [-0.2, 0) is 0 Å². The number of fused-ring (bicyclic) bond motifs is 3. The maximum Gasteiger partial charge on any atom is 0.160 e. The highest BCUT2D eigenvalue weighted by molar-refractivity contribution is 6.10. The van der Waals surface area contributed by atoms with Crippen LogP contribution in [0.3, 0.4) is 0 Å². The molecule has 9 rings (SSSR count). The Labute approximate surface area is 303 Å². The summed E-state index contributed by atoms with van der Waals surface area (Å²) in [6.45, 7) is 4.22. The van der Waals surface area contributed by atoms with Crippen LogP contribution in [0.5, 0.6) is 0 Å². The lowest BCUT2D eigenvalue weighted by molar-refractivity contribution is 1.17. The van der Waals surface area contributed by atoms with Crippen LogP contribution in [0.4, 0.5) is 17.1 Å². The molecule has 0 N–H and O–H groups in total. The minimum absolute atomic E-state index is 0.722. The zero-order chi connectivity index (χ0) is 35.0. The molecule has 4 heteroatoms. The number of para-hydroxylation sites is 3. The summed E-state index contributed by atoms with van der Waals surface area (Å²) in [5, 5.41) is 2.42. The van der Waals surface area contributed by atoms with Gasteiger partial charge in [0, 0.05) is 50.2 Å². The van der Waals surface area contributed by atoms with Gasteiger partial charge in [0.2, 0.25) is 0 Å². The van der Waals surface area contributed by atoms with Crippen molar-refractivity contribution in [2.24, 2.45) is 0 Å². The highest BCUT2D eigenvalue weighted by Gasteiger charge is 2.18. The Bertz CT molecular complexity index is 2590. The quantitative estimate of drug-likeness (QED) is 0.169. The van der Waals surface area contributed by atoms with Crippen molar-refractivity contribution in [3.63, 3.8) is 0 Å². The molecule has 2 aromatic heterocycles. The third-order valence-corrected chi connectivity index (χ3v) is 9.68. The summed E-state index contributed by atoms with van der Waals surface area (Å²) in [5.74, 6) is 0.722. The standard InChI is InChI=1S/C48H36N4/c1-33-13-11-15-36(29-33)45-32-44(49-48(50-45)37-16-12-14-34(2)30-37)35-23-25-40(26-24-35)52-46-22-10-9-21-42(46)43-31-41(27-28-47(43)52)51(38-17-5-3-6-18-38)39-19-7-4-8-20-39/h3-32H,1-2H3. The van der Waals surface area contributed by atoms with E-state index in [1.54, 1.807) is 0 Å². The van der Waals surface area contributed by atoms with Gasteiger partial charge in [-0.1, -0.05) is 114 Å². The Hall–Kier alpha value is -6.78. The first-order valence-electron chi connectivity index (χ1n) is 17.7. The van der Waals surface area contributed by atoms with Crippen LogP contribution >= 0.6 is 0 Å². The number of nitrogens with zero attached hydrogens (tertiary/aromatic N) is 4. The lowest BCUT2D eigenvalue weighted by Crippen LogP contribution is -2.09. The monoisotopic (exact) mass is 668 g/mol. The average molecular weight is 669 g/mol. The molecule has 0 saturated heterocycles. The molecule has 2 heterocycles. The van der Waals surface area contributed by atoms with Gasteiger partial charge in [-0.3, -0.25) is 0 Å². The summed E-state index contributed by atoms with van der Waals surface area (Å²) in [6, 6.07) is 64.4. The summed E-state index contributed by atoms with van der Waals surface area (Å²) in [7, 11) is 0. The molecule has 0 spiro atoms. The van der Waals surface area contributed by atoms with Gasteiger partial charge in [-0.2, -0.15) is 0 Å². The molecule has 0 radical (unpaired) electrons.